The minimum absolute atomic E-state index is 0.114. The van der Waals surface area contributed by atoms with Crippen molar-refractivity contribution < 1.29 is 4.79 Å². The Kier molecular flexibility index (Phi) is 3.88. The van der Waals surface area contributed by atoms with Crippen LogP contribution in [0.25, 0.3) is 10.9 Å². The van der Waals surface area contributed by atoms with Crippen LogP contribution in [0.15, 0.2) is 65.7 Å². The summed E-state index contributed by atoms with van der Waals surface area (Å²) in [5.41, 5.74) is 2.30. The summed E-state index contributed by atoms with van der Waals surface area (Å²) >= 11 is 1.56. The van der Waals surface area contributed by atoms with Crippen molar-refractivity contribution in [2.24, 2.45) is 0 Å². The van der Waals surface area contributed by atoms with Gasteiger partial charge in [0, 0.05) is 10.3 Å². The molecule has 3 rings (SSSR count). The summed E-state index contributed by atoms with van der Waals surface area (Å²) in [6.45, 7) is 0. The molecule has 0 aliphatic carbocycles. The van der Waals surface area contributed by atoms with Gasteiger partial charge in [0.2, 0.25) is 0 Å². The number of amides is 1. The van der Waals surface area contributed by atoms with Gasteiger partial charge in [-0.3, -0.25) is 9.78 Å². The average molecular weight is 294 g/mol. The van der Waals surface area contributed by atoms with Gasteiger partial charge in [0.05, 0.1) is 23.0 Å². The van der Waals surface area contributed by atoms with Crippen molar-refractivity contribution in [1.29, 1.82) is 0 Å². The Morgan fingerprint density at radius 1 is 1.10 bits per heavy atom. The highest BCUT2D eigenvalue weighted by Gasteiger charge is 2.10. The normalized spacial score (nSPS) is 10.5. The largest absolute Gasteiger partial charge is 0.321 e. The van der Waals surface area contributed by atoms with E-state index < -0.39 is 0 Å². The molecular formula is C17H14N2OS. The van der Waals surface area contributed by atoms with E-state index in [0.717, 1.165) is 15.8 Å². The lowest BCUT2D eigenvalue weighted by Gasteiger charge is -2.09. The number of benzene rings is 2. The molecule has 0 aliphatic rings. The zero-order chi connectivity index (χ0) is 14.7. The lowest BCUT2D eigenvalue weighted by Crippen LogP contribution is -2.13. The Bertz CT molecular complexity index is 801. The van der Waals surface area contributed by atoms with Gasteiger partial charge in [-0.15, -0.1) is 11.8 Å². The second-order valence-electron chi connectivity index (χ2n) is 4.57. The van der Waals surface area contributed by atoms with Gasteiger partial charge in [0.1, 0.15) is 0 Å². The molecule has 0 atom stereocenters. The molecule has 0 bridgehead atoms. The molecule has 0 saturated heterocycles. The first-order chi connectivity index (χ1) is 10.3. The lowest BCUT2D eigenvalue weighted by atomic mass is 10.2. The SMILES string of the molecule is CSc1ccccc1C(=O)Nc1cnc2ccccc2c1. The van der Waals surface area contributed by atoms with Crippen molar-refractivity contribution in [3.63, 3.8) is 0 Å². The number of para-hydroxylation sites is 1. The van der Waals surface area contributed by atoms with Gasteiger partial charge < -0.3 is 5.32 Å². The highest BCUT2D eigenvalue weighted by atomic mass is 32.2. The molecule has 21 heavy (non-hydrogen) atoms. The number of fused-ring (bicyclic) bond motifs is 1. The number of nitrogens with zero attached hydrogens (tertiary/aromatic N) is 1. The summed E-state index contributed by atoms with van der Waals surface area (Å²) in [6.07, 6.45) is 3.64. The van der Waals surface area contributed by atoms with Gasteiger partial charge in [-0.2, -0.15) is 0 Å². The Labute approximate surface area is 127 Å². The standard InChI is InChI=1S/C17H14N2OS/c1-21-16-9-5-3-7-14(16)17(20)19-13-10-12-6-2-4-8-15(12)18-11-13/h2-11H,1H3,(H,19,20). The van der Waals surface area contributed by atoms with E-state index in [1.165, 1.54) is 0 Å². The fraction of sp³-hybridized carbons (Fsp3) is 0.0588. The summed E-state index contributed by atoms with van der Waals surface area (Å²) in [5, 5.41) is 3.92. The number of rotatable bonds is 3. The summed E-state index contributed by atoms with van der Waals surface area (Å²) < 4.78 is 0. The van der Waals surface area contributed by atoms with E-state index in [4.69, 9.17) is 0 Å². The quantitative estimate of drug-likeness (QED) is 0.736. The van der Waals surface area contributed by atoms with Crippen LogP contribution in [0.4, 0.5) is 5.69 Å². The van der Waals surface area contributed by atoms with Gasteiger partial charge in [-0.1, -0.05) is 30.3 Å². The minimum Gasteiger partial charge on any atom is -0.321 e. The molecule has 0 spiro atoms. The molecule has 0 saturated carbocycles. The Morgan fingerprint density at radius 2 is 1.86 bits per heavy atom. The molecule has 1 amide bonds. The molecule has 1 heterocycles. The van der Waals surface area contributed by atoms with Gasteiger partial charge in [0.25, 0.3) is 5.91 Å². The molecule has 3 nitrogen and oxygen atoms in total. The predicted octanol–water partition coefficient (Wildman–Crippen LogP) is 4.21. The van der Waals surface area contributed by atoms with Gasteiger partial charge in [0.15, 0.2) is 0 Å². The topological polar surface area (TPSA) is 42.0 Å². The second-order valence-corrected chi connectivity index (χ2v) is 5.42. The van der Waals surface area contributed by atoms with Crippen molar-refractivity contribution in [2.45, 2.75) is 4.90 Å². The molecular weight excluding hydrogens is 280 g/mol. The van der Waals surface area contributed by atoms with E-state index in [1.54, 1.807) is 18.0 Å². The molecule has 1 aromatic heterocycles. The van der Waals surface area contributed by atoms with E-state index >= 15 is 0 Å². The van der Waals surface area contributed by atoms with Crippen LogP contribution in [-0.4, -0.2) is 17.1 Å². The Hall–Kier alpha value is -2.33. The van der Waals surface area contributed by atoms with E-state index in [1.807, 2.05) is 60.9 Å². The molecule has 4 heteroatoms. The number of carbonyl (C=O) groups is 1. The summed E-state index contributed by atoms with van der Waals surface area (Å²) in [7, 11) is 0. The Morgan fingerprint density at radius 3 is 2.71 bits per heavy atom. The zero-order valence-corrected chi connectivity index (χ0v) is 12.4. The fourth-order valence-corrected chi connectivity index (χ4v) is 2.77. The first-order valence-corrected chi connectivity index (χ1v) is 7.79. The number of pyridine rings is 1. The van der Waals surface area contributed by atoms with Crippen molar-refractivity contribution >= 4 is 34.3 Å². The molecule has 104 valence electrons. The lowest BCUT2D eigenvalue weighted by molar-refractivity contribution is 0.102. The van der Waals surface area contributed by atoms with Crippen LogP contribution in [0.2, 0.25) is 0 Å². The number of carbonyl (C=O) groups excluding carboxylic acids is 1. The van der Waals surface area contributed by atoms with Crippen LogP contribution in [0, 0.1) is 0 Å². The maximum Gasteiger partial charge on any atom is 0.256 e. The monoisotopic (exact) mass is 294 g/mol. The fourth-order valence-electron chi connectivity index (χ4n) is 2.17. The number of hydrogen-bond donors (Lipinski definition) is 1. The molecule has 1 N–H and O–H groups in total. The van der Waals surface area contributed by atoms with Crippen LogP contribution >= 0.6 is 11.8 Å². The van der Waals surface area contributed by atoms with E-state index in [-0.39, 0.29) is 5.91 Å². The van der Waals surface area contributed by atoms with Crippen LogP contribution in [0.5, 0.6) is 0 Å². The van der Waals surface area contributed by atoms with E-state index in [0.29, 0.717) is 11.3 Å². The van der Waals surface area contributed by atoms with E-state index in [2.05, 4.69) is 10.3 Å². The number of aromatic nitrogens is 1. The molecule has 0 unspecified atom stereocenters. The van der Waals surface area contributed by atoms with E-state index in [9.17, 15) is 4.79 Å². The first kappa shape index (κ1) is 13.6. The van der Waals surface area contributed by atoms with Crippen LogP contribution in [0.1, 0.15) is 10.4 Å². The first-order valence-electron chi connectivity index (χ1n) is 6.57. The third-order valence-corrected chi connectivity index (χ3v) is 4.00. The van der Waals surface area contributed by atoms with Crippen molar-refractivity contribution in [2.75, 3.05) is 11.6 Å². The van der Waals surface area contributed by atoms with Crippen molar-refractivity contribution in [3.05, 3.63) is 66.4 Å². The molecule has 2 aromatic carbocycles. The summed E-state index contributed by atoms with van der Waals surface area (Å²) in [5.74, 6) is -0.114. The molecule has 0 fully saturated rings. The molecule has 3 aromatic rings. The van der Waals surface area contributed by atoms with Crippen molar-refractivity contribution in [3.8, 4) is 0 Å². The number of thioether (sulfide) groups is 1. The van der Waals surface area contributed by atoms with Gasteiger partial charge >= 0.3 is 0 Å². The number of nitrogens with one attached hydrogen (secondary N) is 1. The van der Waals surface area contributed by atoms with Crippen molar-refractivity contribution in [1.82, 2.24) is 4.98 Å². The predicted molar refractivity (Wildman–Crippen MR) is 87.9 cm³/mol. The maximum atomic E-state index is 12.4. The highest BCUT2D eigenvalue weighted by molar-refractivity contribution is 7.98. The minimum atomic E-state index is -0.114. The molecule has 0 radical (unpaired) electrons. The van der Waals surface area contributed by atoms with Crippen LogP contribution in [-0.2, 0) is 0 Å². The zero-order valence-electron chi connectivity index (χ0n) is 11.5. The second kappa shape index (κ2) is 5.97. The summed E-state index contributed by atoms with van der Waals surface area (Å²) in [6, 6.07) is 17.3. The highest BCUT2D eigenvalue weighted by Crippen LogP contribution is 2.22. The molecule has 0 aliphatic heterocycles. The summed E-state index contributed by atoms with van der Waals surface area (Å²) in [4.78, 5) is 17.7. The number of anilines is 1. The average Bonchev–Trinajstić information content (AvgIpc) is 2.54. The maximum absolute atomic E-state index is 12.4. The van der Waals surface area contributed by atoms with Gasteiger partial charge in [-0.05, 0) is 30.5 Å². The third kappa shape index (κ3) is 2.90. The smallest absolute Gasteiger partial charge is 0.256 e. The third-order valence-electron chi connectivity index (χ3n) is 3.20. The van der Waals surface area contributed by atoms with Gasteiger partial charge in [-0.25, -0.2) is 0 Å². The van der Waals surface area contributed by atoms with Crippen LogP contribution < -0.4 is 5.32 Å². The van der Waals surface area contributed by atoms with Crippen LogP contribution in [0.3, 0.4) is 0 Å². The Balaban J connectivity index is 1.89. The number of hydrogen-bond acceptors (Lipinski definition) is 3.